The van der Waals surface area contributed by atoms with Crippen molar-refractivity contribution in [1.82, 2.24) is 5.32 Å². The molecule has 0 aliphatic carbocycles. The van der Waals surface area contributed by atoms with Crippen LogP contribution in [0.2, 0.25) is 0 Å². The third kappa shape index (κ3) is 3.71. The Bertz CT molecular complexity index is 445. The Labute approximate surface area is 120 Å². The zero-order valence-corrected chi connectivity index (χ0v) is 12.1. The Morgan fingerprint density at radius 2 is 2.15 bits per heavy atom. The molecule has 1 amide bonds. The largest absolute Gasteiger partial charge is 0.377 e. The standard InChI is InChI=1S/C15H23N3O2/c1-11(2)17-9-12-3-5-13(6-4-12)18-7-8-20-10-14(18)15(16)19/h3-6,11,14,17H,7-10H2,1-2H3,(H2,16,19). The molecule has 0 bridgehead atoms. The fourth-order valence-electron chi connectivity index (χ4n) is 2.28. The SMILES string of the molecule is CC(C)NCc1ccc(N2CCOCC2C(N)=O)cc1. The Morgan fingerprint density at radius 3 is 2.75 bits per heavy atom. The second-order valence-corrected chi connectivity index (χ2v) is 5.39. The molecule has 1 aliphatic heterocycles. The van der Waals surface area contributed by atoms with Crippen LogP contribution in [0.3, 0.4) is 0 Å². The minimum absolute atomic E-state index is 0.338. The van der Waals surface area contributed by atoms with E-state index >= 15 is 0 Å². The van der Waals surface area contributed by atoms with Crippen molar-refractivity contribution in [2.24, 2.45) is 5.73 Å². The maximum absolute atomic E-state index is 11.5. The minimum atomic E-state index is -0.372. The van der Waals surface area contributed by atoms with Gasteiger partial charge in [0.1, 0.15) is 6.04 Å². The minimum Gasteiger partial charge on any atom is -0.377 e. The molecule has 1 atom stereocenters. The first kappa shape index (κ1) is 14.8. The first-order valence-corrected chi connectivity index (χ1v) is 7.04. The van der Waals surface area contributed by atoms with E-state index in [2.05, 4.69) is 31.3 Å². The summed E-state index contributed by atoms with van der Waals surface area (Å²) < 4.78 is 5.33. The van der Waals surface area contributed by atoms with Crippen LogP contribution in [-0.4, -0.2) is 37.7 Å². The Kier molecular flexibility index (Phi) is 4.98. The highest BCUT2D eigenvalue weighted by Gasteiger charge is 2.27. The number of primary amides is 1. The van der Waals surface area contributed by atoms with Gasteiger partial charge in [0.25, 0.3) is 0 Å². The first-order valence-electron chi connectivity index (χ1n) is 7.04. The van der Waals surface area contributed by atoms with Crippen molar-refractivity contribution < 1.29 is 9.53 Å². The van der Waals surface area contributed by atoms with Gasteiger partial charge in [0.05, 0.1) is 13.2 Å². The highest BCUT2D eigenvalue weighted by atomic mass is 16.5. The van der Waals surface area contributed by atoms with E-state index in [0.717, 1.165) is 12.2 Å². The molecule has 1 aromatic rings. The van der Waals surface area contributed by atoms with E-state index in [9.17, 15) is 4.79 Å². The van der Waals surface area contributed by atoms with Gasteiger partial charge in [0.2, 0.25) is 5.91 Å². The van der Waals surface area contributed by atoms with Crippen molar-refractivity contribution >= 4 is 11.6 Å². The van der Waals surface area contributed by atoms with Crippen molar-refractivity contribution in [3.05, 3.63) is 29.8 Å². The number of hydrogen-bond acceptors (Lipinski definition) is 4. The lowest BCUT2D eigenvalue weighted by Gasteiger charge is -2.35. The molecule has 1 unspecified atom stereocenters. The van der Waals surface area contributed by atoms with E-state index in [4.69, 9.17) is 10.5 Å². The monoisotopic (exact) mass is 277 g/mol. The molecule has 0 radical (unpaired) electrons. The summed E-state index contributed by atoms with van der Waals surface area (Å²) in [4.78, 5) is 13.5. The molecular formula is C15H23N3O2. The summed E-state index contributed by atoms with van der Waals surface area (Å²) in [5.41, 5.74) is 7.68. The number of hydrogen-bond donors (Lipinski definition) is 2. The van der Waals surface area contributed by atoms with Gasteiger partial charge in [0, 0.05) is 24.8 Å². The van der Waals surface area contributed by atoms with E-state index in [0.29, 0.717) is 25.8 Å². The van der Waals surface area contributed by atoms with E-state index < -0.39 is 0 Å². The number of amides is 1. The lowest BCUT2D eigenvalue weighted by Crippen LogP contribution is -2.52. The van der Waals surface area contributed by atoms with Crippen LogP contribution in [0, 0.1) is 0 Å². The van der Waals surface area contributed by atoms with Crippen LogP contribution < -0.4 is 16.0 Å². The van der Waals surface area contributed by atoms with E-state index in [1.54, 1.807) is 0 Å². The molecular weight excluding hydrogens is 254 g/mol. The number of nitrogens with one attached hydrogen (secondary N) is 1. The van der Waals surface area contributed by atoms with Gasteiger partial charge in [-0.2, -0.15) is 0 Å². The smallest absolute Gasteiger partial charge is 0.242 e. The molecule has 20 heavy (non-hydrogen) atoms. The number of anilines is 1. The zero-order valence-electron chi connectivity index (χ0n) is 12.1. The van der Waals surface area contributed by atoms with Gasteiger partial charge >= 0.3 is 0 Å². The van der Waals surface area contributed by atoms with Crippen LogP contribution in [0.4, 0.5) is 5.69 Å². The number of carbonyl (C=O) groups is 1. The van der Waals surface area contributed by atoms with Crippen LogP contribution >= 0.6 is 0 Å². The van der Waals surface area contributed by atoms with E-state index in [-0.39, 0.29) is 11.9 Å². The molecule has 0 spiro atoms. The van der Waals surface area contributed by atoms with Crippen LogP contribution in [0.25, 0.3) is 0 Å². The molecule has 3 N–H and O–H groups in total. The number of carbonyl (C=O) groups excluding carboxylic acids is 1. The topological polar surface area (TPSA) is 67.6 Å². The average Bonchev–Trinajstić information content (AvgIpc) is 2.45. The summed E-state index contributed by atoms with van der Waals surface area (Å²) in [6, 6.07) is 8.34. The zero-order chi connectivity index (χ0) is 14.5. The molecule has 1 saturated heterocycles. The van der Waals surface area contributed by atoms with Gasteiger partial charge < -0.3 is 20.7 Å². The maximum atomic E-state index is 11.5. The van der Waals surface area contributed by atoms with E-state index in [1.807, 2.05) is 17.0 Å². The summed E-state index contributed by atoms with van der Waals surface area (Å²) in [7, 11) is 0. The third-order valence-electron chi connectivity index (χ3n) is 3.44. The summed E-state index contributed by atoms with van der Waals surface area (Å²) in [6.45, 7) is 6.78. The number of benzene rings is 1. The molecule has 5 nitrogen and oxygen atoms in total. The normalized spacial score (nSPS) is 19.4. The molecule has 0 saturated carbocycles. The highest BCUT2D eigenvalue weighted by Crippen LogP contribution is 2.20. The van der Waals surface area contributed by atoms with Gasteiger partial charge in [-0.05, 0) is 17.7 Å². The molecule has 0 aromatic heterocycles. The number of nitrogens with two attached hydrogens (primary N) is 1. The van der Waals surface area contributed by atoms with Crippen LogP contribution in [0.15, 0.2) is 24.3 Å². The predicted octanol–water partition coefficient (Wildman–Crippen LogP) is 0.875. The molecule has 110 valence electrons. The Balaban J connectivity index is 2.06. The maximum Gasteiger partial charge on any atom is 0.242 e. The second kappa shape index (κ2) is 6.72. The number of nitrogens with zero attached hydrogens (tertiary/aromatic N) is 1. The number of rotatable bonds is 5. The lowest BCUT2D eigenvalue weighted by molar-refractivity contribution is -0.121. The summed E-state index contributed by atoms with van der Waals surface area (Å²) >= 11 is 0. The van der Waals surface area contributed by atoms with Crippen LogP contribution in [0.1, 0.15) is 19.4 Å². The van der Waals surface area contributed by atoms with Gasteiger partial charge in [-0.1, -0.05) is 26.0 Å². The number of ether oxygens (including phenoxy) is 1. The van der Waals surface area contributed by atoms with Gasteiger partial charge in [0.15, 0.2) is 0 Å². The quantitative estimate of drug-likeness (QED) is 0.838. The summed E-state index contributed by atoms with van der Waals surface area (Å²) in [6.07, 6.45) is 0. The summed E-state index contributed by atoms with van der Waals surface area (Å²) in [5, 5.41) is 3.38. The van der Waals surface area contributed by atoms with Crippen molar-refractivity contribution in [3.63, 3.8) is 0 Å². The number of morpholine rings is 1. The highest BCUT2D eigenvalue weighted by molar-refractivity contribution is 5.84. The Hall–Kier alpha value is -1.59. The fourth-order valence-corrected chi connectivity index (χ4v) is 2.28. The van der Waals surface area contributed by atoms with Crippen LogP contribution in [-0.2, 0) is 16.1 Å². The lowest BCUT2D eigenvalue weighted by atomic mass is 10.1. The van der Waals surface area contributed by atoms with Crippen LogP contribution in [0.5, 0.6) is 0 Å². The van der Waals surface area contributed by atoms with Gasteiger partial charge in [-0.3, -0.25) is 4.79 Å². The van der Waals surface area contributed by atoms with Crippen molar-refractivity contribution in [2.75, 3.05) is 24.7 Å². The Morgan fingerprint density at radius 1 is 1.45 bits per heavy atom. The van der Waals surface area contributed by atoms with Gasteiger partial charge in [-0.25, -0.2) is 0 Å². The fraction of sp³-hybridized carbons (Fsp3) is 0.533. The molecule has 2 rings (SSSR count). The van der Waals surface area contributed by atoms with Gasteiger partial charge in [-0.15, -0.1) is 0 Å². The van der Waals surface area contributed by atoms with E-state index in [1.165, 1.54) is 5.56 Å². The summed E-state index contributed by atoms with van der Waals surface area (Å²) in [5.74, 6) is -0.338. The molecule has 1 heterocycles. The van der Waals surface area contributed by atoms with Crippen molar-refractivity contribution in [2.45, 2.75) is 32.5 Å². The third-order valence-corrected chi connectivity index (χ3v) is 3.44. The predicted molar refractivity (Wildman–Crippen MR) is 79.6 cm³/mol. The molecule has 1 aromatic carbocycles. The first-order chi connectivity index (χ1) is 9.58. The molecule has 1 aliphatic rings. The average molecular weight is 277 g/mol. The van der Waals surface area contributed by atoms with Crippen molar-refractivity contribution in [3.8, 4) is 0 Å². The second-order valence-electron chi connectivity index (χ2n) is 5.39. The van der Waals surface area contributed by atoms with Crippen molar-refractivity contribution in [1.29, 1.82) is 0 Å². The molecule has 5 heteroatoms. The molecule has 1 fully saturated rings.